The number of ether oxygens (including phenoxy) is 1. The number of hydrogen-bond donors (Lipinski definition) is 2. The molecule has 2 rings (SSSR count). The molecule has 5 nitrogen and oxygen atoms in total. The first-order valence-corrected chi connectivity index (χ1v) is 6.73. The maximum absolute atomic E-state index is 12.0. The van der Waals surface area contributed by atoms with Gasteiger partial charge in [0.05, 0.1) is 0 Å². The summed E-state index contributed by atoms with van der Waals surface area (Å²) >= 11 is 5.93. The van der Waals surface area contributed by atoms with Crippen LogP contribution in [-0.4, -0.2) is 22.1 Å². The van der Waals surface area contributed by atoms with Crippen LogP contribution in [0.2, 0.25) is 5.02 Å². The minimum Gasteiger partial charge on any atom is -0.504 e. The second-order valence-electron chi connectivity index (χ2n) is 4.53. The van der Waals surface area contributed by atoms with E-state index in [0.717, 1.165) is 5.56 Å². The molecule has 0 fully saturated rings. The number of benzene rings is 1. The first-order valence-electron chi connectivity index (χ1n) is 6.35. The van der Waals surface area contributed by atoms with Crippen molar-refractivity contribution in [2.75, 3.05) is 5.32 Å². The number of halogens is 1. The van der Waals surface area contributed by atoms with Crippen molar-refractivity contribution in [3.8, 4) is 11.5 Å². The predicted octanol–water partition coefficient (Wildman–Crippen LogP) is 3.16. The maximum Gasteiger partial charge on any atom is 0.266 e. The quantitative estimate of drug-likeness (QED) is 0.910. The van der Waals surface area contributed by atoms with Crippen LogP contribution in [0.3, 0.4) is 0 Å². The number of nitrogens with one attached hydrogen (secondary N) is 1. The molecule has 110 valence electrons. The average Bonchev–Trinajstić information content (AvgIpc) is 2.45. The summed E-state index contributed by atoms with van der Waals surface area (Å²) in [5.74, 6) is 0.145. The lowest BCUT2D eigenvalue weighted by molar-refractivity contribution is -0.122. The summed E-state index contributed by atoms with van der Waals surface area (Å²) in [7, 11) is 0. The molecular formula is C15H15ClN2O3. The Kier molecular flexibility index (Phi) is 4.65. The van der Waals surface area contributed by atoms with E-state index >= 15 is 0 Å². The smallest absolute Gasteiger partial charge is 0.266 e. The van der Waals surface area contributed by atoms with Gasteiger partial charge in [-0.15, -0.1) is 0 Å². The number of aromatic nitrogens is 1. The molecule has 2 N–H and O–H groups in total. The minimum absolute atomic E-state index is 0.0969. The number of aromatic hydroxyl groups is 1. The first kappa shape index (κ1) is 15.1. The largest absolute Gasteiger partial charge is 0.504 e. The number of anilines is 1. The number of carbonyl (C=O) groups is 1. The van der Waals surface area contributed by atoms with Crippen LogP contribution in [0.25, 0.3) is 0 Å². The lowest BCUT2D eigenvalue weighted by Crippen LogP contribution is -2.30. The van der Waals surface area contributed by atoms with Crippen molar-refractivity contribution in [3.05, 3.63) is 47.1 Å². The summed E-state index contributed by atoms with van der Waals surface area (Å²) in [5.41, 5.74) is 0.865. The van der Waals surface area contributed by atoms with Gasteiger partial charge in [-0.25, -0.2) is 4.98 Å². The average molecular weight is 307 g/mol. The summed E-state index contributed by atoms with van der Waals surface area (Å²) in [5, 5.41) is 12.7. The number of rotatable bonds is 4. The van der Waals surface area contributed by atoms with Crippen molar-refractivity contribution < 1.29 is 14.6 Å². The van der Waals surface area contributed by atoms with Crippen LogP contribution in [0.5, 0.6) is 11.5 Å². The second kappa shape index (κ2) is 6.45. The molecule has 0 radical (unpaired) electrons. The van der Waals surface area contributed by atoms with E-state index in [1.54, 1.807) is 31.2 Å². The van der Waals surface area contributed by atoms with Crippen LogP contribution in [0.15, 0.2) is 36.5 Å². The maximum atomic E-state index is 12.0. The number of amides is 1. The fourth-order valence-corrected chi connectivity index (χ4v) is 1.78. The zero-order valence-corrected chi connectivity index (χ0v) is 12.4. The molecule has 6 heteroatoms. The molecule has 1 heterocycles. The Bertz CT molecular complexity index is 661. The number of nitrogens with zero attached hydrogens (tertiary/aromatic N) is 1. The Morgan fingerprint density at radius 3 is 2.86 bits per heavy atom. The van der Waals surface area contributed by atoms with E-state index in [-0.39, 0.29) is 11.6 Å². The summed E-state index contributed by atoms with van der Waals surface area (Å²) < 4.78 is 5.54. The van der Waals surface area contributed by atoms with Gasteiger partial charge >= 0.3 is 0 Å². The van der Waals surface area contributed by atoms with E-state index in [4.69, 9.17) is 16.3 Å². The zero-order chi connectivity index (χ0) is 15.4. The van der Waals surface area contributed by atoms with E-state index in [9.17, 15) is 9.90 Å². The van der Waals surface area contributed by atoms with Gasteiger partial charge in [0.1, 0.15) is 5.75 Å². The molecule has 2 aromatic rings. The van der Waals surface area contributed by atoms with Crippen molar-refractivity contribution in [1.29, 1.82) is 0 Å². The van der Waals surface area contributed by atoms with Gasteiger partial charge in [0.15, 0.2) is 17.7 Å². The molecular weight excluding hydrogens is 292 g/mol. The first-order chi connectivity index (χ1) is 9.97. The van der Waals surface area contributed by atoms with Gasteiger partial charge in [-0.1, -0.05) is 11.6 Å². The van der Waals surface area contributed by atoms with E-state index < -0.39 is 12.0 Å². The molecule has 1 atom stereocenters. The number of aryl methyl sites for hydroxylation is 1. The Morgan fingerprint density at radius 1 is 1.43 bits per heavy atom. The van der Waals surface area contributed by atoms with Crippen LogP contribution in [0.4, 0.5) is 5.82 Å². The fraction of sp³-hybridized carbons (Fsp3) is 0.200. The highest BCUT2D eigenvalue weighted by Gasteiger charge is 2.17. The molecule has 1 aromatic heterocycles. The van der Waals surface area contributed by atoms with Crippen molar-refractivity contribution in [3.63, 3.8) is 0 Å². The standard InChI is InChI=1S/C15H15ClN2O3/c1-9-8-11(5-6-12(9)16)21-10(2)15(20)18-14-13(19)4-3-7-17-14/h3-8,10,19H,1-2H3,(H,17,18,20). The van der Waals surface area contributed by atoms with Crippen molar-refractivity contribution in [2.45, 2.75) is 20.0 Å². The Balaban J connectivity index is 2.02. The fourth-order valence-electron chi connectivity index (χ4n) is 1.66. The molecule has 21 heavy (non-hydrogen) atoms. The summed E-state index contributed by atoms with van der Waals surface area (Å²) in [6.45, 7) is 3.46. The number of hydrogen-bond acceptors (Lipinski definition) is 4. The normalized spacial score (nSPS) is 11.8. The molecule has 1 unspecified atom stereocenters. The van der Waals surface area contributed by atoms with E-state index in [2.05, 4.69) is 10.3 Å². The molecule has 0 saturated heterocycles. The van der Waals surface area contributed by atoms with Crippen molar-refractivity contribution >= 4 is 23.3 Å². The second-order valence-corrected chi connectivity index (χ2v) is 4.94. The van der Waals surface area contributed by atoms with Gasteiger partial charge in [0, 0.05) is 11.2 Å². The van der Waals surface area contributed by atoms with Gasteiger partial charge in [0.25, 0.3) is 5.91 Å². The van der Waals surface area contributed by atoms with Crippen LogP contribution in [-0.2, 0) is 4.79 Å². The van der Waals surface area contributed by atoms with Gasteiger partial charge in [-0.05, 0) is 49.7 Å². The zero-order valence-electron chi connectivity index (χ0n) is 11.6. The highest BCUT2D eigenvalue weighted by atomic mass is 35.5. The third kappa shape index (κ3) is 3.86. The molecule has 0 aliphatic carbocycles. The van der Waals surface area contributed by atoms with Crippen LogP contribution in [0, 0.1) is 6.92 Å². The third-order valence-electron chi connectivity index (χ3n) is 2.84. The van der Waals surface area contributed by atoms with Crippen LogP contribution < -0.4 is 10.1 Å². The van der Waals surface area contributed by atoms with Crippen molar-refractivity contribution in [2.24, 2.45) is 0 Å². The lowest BCUT2D eigenvalue weighted by Gasteiger charge is -2.15. The molecule has 1 amide bonds. The minimum atomic E-state index is -0.744. The molecule has 0 aliphatic rings. The van der Waals surface area contributed by atoms with Gasteiger partial charge in [-0.3, -0.25) is 4.79 Å². The molecule has 0 saturated carbocycles. The highest BCUT2D eigenvalue weighted by molar-refractivity contribution is 6.31. The lowest BCUT2D eigenvalue weighted by atomic mass is 10.2. The Hall–Kier alpha value is -2.27. The van der Waals surface area contributed by atoms with Gasteiger partial charge < -0.3 is 15.2 Å². The van der Waals surface area contributed by atoms with E-state index in [1.165, 1.54) is 12.3 Å². The van der Waals surface area contributed by atoms with E-state index in [0.29, 0.717) is 10.8 Å². The summed E-state index contributed by atoms with van der Waals surface area (Å²) in [6, 6.07) is 8.17. The van der Waals surface area contributed by atoms with Gasteiger partial charge in [-0.2, -0.15) is 0 Å². The predicted molar refractivity (Wildman–Crippen MR) is 80.8 cm³/mol. The Morgan fingerprint density at radius 2 is 2.19 bits per heavy atom. The summed E-state index contributed by atoms with van der Waals surface area (Å²) in [4.78, 5) is 15.9. The Labute approximate surface area is 127 Å². The molecule has 0 aliphatic heterocycles. The third-order valence-corrected chi connectivity index (χ3v) is 3.26. The van der Waals surface area contributed by atoms with Crippen molar-refractivity contribution in [1.82, 2.24) is 4.98 Å². The monoisotopic (exact) mass is 306 g/mol. The van der Waals surface area contributed by atoms with Crippen LogP contribution in [0.1, 0.15) is 12.5 Å². The number of carbonyl (C=O) groups excluding carboxylic acids is 1. The molecule has 1 aromatic carbocycles. The van der Waals surface area contributed by atoms with E-state index in [1.807, 2.05) is 6.92 Å². The SMILES string of the molecule is Cc1cc(OC(C)C(=O)Nc2ncccc2O)ccc1Cl. The topological polar surface area (TPSA) is 71.5 Å². The summed E-state index contributed by atoms with van der Waals surface area (Å²) in [6.07, 6.45) is 0.732. The molecule has 0 bridgehead atoms. The number of pyridine rings is 1. The highest BCUT2D eigenvalue weighted by Crippen LogP contribution is 2.23. The van der Waals surface area contributed by atoms with Gasteiger partial charge in [0.2, 0.25) is 0 Å². The molecule has 0 spiro atoms. The van der Waals surface area contributed by atoms with Crippen LogP contribution >= 0.6 is 11.6 Å².